The number of carbonyl (C=O) groups is 2. The highest BCUT2D eigenvalue weighted by atomic mass is 35.5. The maximum atomic E-state index is 13.7. The molecule has 2 N–H and O–H groups in total. The summed E-state index contributed by atoms with van der Waals surface area (Å²) < 4.78 is 42.3. The number of hydrogen-bond donors (Lipinski definition) is 2. The van der Waals surface area contributed by atoms with E-state index in [1.165, 1.54) is 29.4 Å². The lowest BCUT2D eigenvalue weighted by Crippen LogP contribution is -2.37. The van der Waals surface area contributed by atoms with Crippen LogP contribution in [0, 0.1) is 12.8 Å². The van der Waals surface area contributed by atoms with E-state index in [-0.39, 0.29) is 30.5 Å². The first-order valence-corrected chi connectivity index (χ1v) is 16.9. The Hall–Kier alpha value is -3.10. The van der Waals surface area contributed by atoms with E-state index in [9.17, 15) is 18.0 Å². The van der Waals surface area contributed by atoms with Gasteiger partial charge in [0.1, 0.15) is 23.9 Å². The first-order chi connectivity index (χ1) is 20.8. The van der Waals surface area contributed by atoms with Crippen LogP contribution in [0.15, 0.2) is 36.8 Å². The summed E-state index contributed by atoms with van der Waals surface area (Å²) in [6, 6.07) is 7.66. The number of aromatic nitrogens is 2. The van der Waals surface area contributed by atoms with Crippen LogP contribution in [-0.2, 0) is 30.4 Å². The summed E-state index contributed by atoms with van der Waals surface area (Å²) in [5.41, 5.74) is 2.63. The van der Waals surface area contributed by atoms with E-state index in [0.29, 0.717) is 47.2 Å². The summed E-state index contributed by atoms with van der Waals surface area (Å²) in [5.74, 6) is 0.124. The molecule has 5 rings (SSSR count). The van der Waals surface area contributed by atoms with E-state index in [0.717, 1.165) is 22.4 Å². The monoisotopic (exact) mass is 662 g/mol. The number of carbonyl (C=O) groups excluding carboxylic acids is 2. The molecule has 0 bridgehead atoms. The summed E-state index contributed by atoms with van der Waals surface area (Å²) in [6.07, 6.45) is 4.28. The second-order valence-corrected chi connectivity index (χ2v) is 15.0. The lowest BCUT2D eigenvalue weighted by molar-refractivity contribution is 0.0562. The SMILES string of the molecule is Cc1sc(C(=O)c2cncnc2N[C@@H]2CC[C@@H](COS(=O)(=O)NC(=O)OC(C)(C)C)C2)cc1[C@@H]1OCCc2ccc(Cl)cc21. The first-order valence-electron chi connectivity index (χ1n) is 14.3. The van der Waals surface area contributed by atoms with E-state index >= 15 is 0 Å². The lowest BCUT2D eigenvalue weighted by atomic mass is 9.93. The molecule has 0 saturated heterocycles. The fourth-order valence-corrected chi connectivity index (χ4v) is 7.31. The molecule has 1 amide bonds. The first kappa shape index (κ1) is 32.3. The number of hydrogen-bond acceptors (Lipinski definition) is 11. The average molecular weight is 663 g/mol. The van der Waals surface area contributed by atoms with Gasteiger partial charge >= 0.3 is 16.4 Å². The molecule has 3 aromatic rings. The van der Waals surface area contributed by atoms with Crippen LogP contribution in [0.25, 0.3) is 0 Å². The van der Waals surface area contributed by atoms with Crippen LogP contribution in [0.5, 0.6) is 0 Å². The third-order valence-corrected chi connectivity index (χ3v) is 9.58. The van der Waals surface area contributed by atoms with Crippen molar-refractivity contribution in [3.05, 3.63) is 73.8 Å². The highest BCUT2D eigenvalue weighted by molar-refractivity contribution is 7.85. The molecular weight excluding hydrogens is 628 g/mol. The fourth-order valence-electron chi connectivity index (χ4n) is 5.45. The van der Waals surface area contributed by atoms with Crippen molar-refractivity contribution in [1.82, 2.24) is 14.7 Å². The van der Waals surface area contributed by atoms with Crippen LogP contribution in [0.4, 0.5) is 10.6 Å². The van der Waals surface area contributed by atoms with E-state index in [2.05, 4.69) is 15.3 Å². The predicted molar refractivity (Wildman–Crippen MR) is 166 cm³/mol. The van der Waals surface area contributed by atoms with Crippen molar-refractivity contribution >= 4 is 50.9 Å². The molecule has 1 fully saturated rings. The number of rotatable bonds is 9. The van der Waals surface area contributed by atoms with Crippen molar-refractivity contribution in [2.45, 2.75) is 71.1 Å². The van der Waals surface area contributed by atoms with Gasteiger partial charge in [0.2, 0.25) is 5.78 Å². The van der Waals surface area contributed by atoms with Crippen LogP contribution in [0.3, 0.4) is 0 Å². The summed E-state index contributed by atoms with van der Waals surface area (Å²) in [7, 11) is -4.32. The largest absolute Gasteiger partial charge is 0.443 e. The van der Waals surface area contributed by atoms with Crippen molar-refractivity contribution in [2.24, 2.45) is 5.92 Å². The molecule has 3 heterocycles. The number of thiophene rings is 1. The number of amides is 1. The molecule has 0 spiro atoms. The van der Waals surface area contributed by atoms with E-state index in [1.807, 2.05) is 31.2 Å². The van der Waals surface area contributed by atoms with Crippen LogP contribution in [0.1, 0.15) is 82.9 Å². The molecule has 0 unspecified atom stereocenters. The van der Waals surface area contributed by atoms with Crippen LogP contribution < -0.4 is 10.0 Å². The van der Waals surface area contributed by atoms with Gasteiger partial charge < -0.3 is 14.8 Å². The topological polar surface area (TPSA) is 146 Å². The van der Waals surface area contributed by atoms with Gasteiger partial charge in [0.05, 0.1) is 23.7 Å². The van der Waals surface area contributed by atoms with Gasteiger partial charge in [-0.15, -0.1) is 11.3 Å². The van der Waals surface area contributed by atoms with Gasteiger partial charge in [0.15, 0.2) is 0 Å². The molecule has 3 atom stereocenters. The Kier molecular flexibility index (Phi) is 9.61. The average Bonchev–Trinajstić information content (AvgIpc) is 3.56. The molecule has 1 aromatic carbocycles. The Morgan fingerprint density at radius 3 is 2.75 bits per heavy atom. The molecule has 44 heavy (non-hydrogen) atoms. The number of ether oxygens (including phenoxy) is 2. The van der Waals surface area contributed by atoms with Gasteiger partial charge in [0.25, 0.3) is 0 Å². The number of nitrogens with zero attached hydrogens (tertiary/aromatic N) is 2. The molecule has 1 aliphatic carbocycles. The van der Waals surface area contributed by atoms with Gasteiger partial charge in [0, 0.05) is 22.1 Å². The molecule has 2 aromatic heterocycles. The summed E-state index contributed by atoms with van der Waals surface area (Å²) >= 11 is 7.69. The quantitative estimate of drug-likeness (QED) is 0.271. The minimum Gasteiger partial charge on any atom is -0.443 e. The van der Waals surface area contributed by atoms with Crippen molar-refractivity contribution in [3.8, 4) is 0 Å². The molecule has 236 valence electrons. The minimum atomic E-state index is -4.32. The Balaban J connectivity index is 1.23. The zero-order chi connectivity index (χ0) is 31.6. The highest BCUT2D eigenvalue weighted by Gasteiger charge is 2.31. The summed E-state index contributed by atoms with van der Waals surface area (Å²) in [5, 5.41) is 3.99. The van der Waals surface area contributed by atoms with Crippen molar-refractivity contribution < 1.29 is 31.7 Å². The number of benzene rings is 1. The number of ketones is 1. The molecule has 1 saturated carbocycles. The zero-order valence-electron chi connectivity index (χ0n) is 24.9. The lowest BCUT2D eigenvalue weighted by Gasteiger charge is -2.26. The van der Waals surface area contributed by atoms with Crippen LogP contribution >= 0.6 is 22.9 Å². The van der Waals surface area contributed by atoms with Crippen LogP contribution in [0.2, 0.25) is 5.02 Å². The maximum Gasteiger partial charge on any atom is 0.423 e. The summed E-state index contributed by atoms with van der Waals surface area (Å²) in [6.45, 7) is 7.35. The molecule has 0 radical (unpaired) electrons. The Labute approximate surface area is 265 Å². The fraction of sp³-hybridized carbons (Fsp3) is 0.467. The van der Waals surface area contributed by atoms with Gasteiger partial charge in [-0.1, -0.05) is 17.7 Å². The second kappa shape index (κ2) is 13.1. The number of aryl methyl sites for hydroxylation is 1. The molecular formula is C30H35ClN4O7S2. The highest BCUT2D eigenvalue weighted by Crippen LogP contribution is 2.39. The molecule has 11 nitrogen and oxygen atoms in total. The Morgan fingerprint density at radius 2 is 1.98 bits per heavy atom. The third kappa shape index (κ3) is 7.94. The molecule has 2 aliphatic rings. The Bertz CT molecular complexity index is 1650. The number of halogens is 1. The van der Waals surface area contributed by atoms with Gasteiger partial charge in [-0.3, -0.25) is 8.98 Å². The summed E-state index contributed by atoms with van der Waals surface area (Å²) in [4.78, 5) is 35.5. The third-order valence-electron chi connectivity index (χ3n) is 7.41. The van der Waals surface area contributed by atoms with Crippen molar-refractivity contribution in [1.29, 1.82) is 0 Å². The van der Waals surface area contributed by atoms with E-state index < -0.39 is 22.0 Å². The van der Waals surface area contributed by atoms with Gasteiger partial charge in [-0.25, -0.2) is 14.8 Å². The Morgan fingerprint density at radius 1 is 1.18 bits per heavy atom. The van der Waals surface area contributed by atoms with E-state index in [1.54, 1.807) is 25.5 Å². The number of anilines is 1. The molecule has 14 heteroatoms. The standard InChI is InChI=1S/C30H35ClN4O7S2/c1-17-22(27-23-12-20(31)7-6-19(23)9-10-40-27)13-25(43-17)26(36)24-14-32-16-33-28(24)34-21-8-5-18(11-21)15-41-44(38,39)35-29(37)42-30(2,3)4/h6-7,12-14,16,18,21,27H,5,8-11,15H2,1-4H3,(H,35,37)(H,32,33,34)/t18-,21-,27+/m1/s1. The smallest absolute Gasteiger partial charge is 0.423 e. The van der Waals surface area contributed by atoms with Gasteiger partial charge in [-0.05, 0) is 94.2 Å². The molecule has 1 aliphatic heterocycles. The normalized spacial score (nSPS) is 20.2. The zero-order valence-corrected chi connectivity index (χ0v) is 27.3. The van der Waals surface area contributed by atoms with E-state index in [4.69, 9.17) is 25.3 Å². The number of nitrogens with one attached hydrogen (secondary N) is 2. The minimum absolute atomic E-state index is 0.0657. The van der Waals surface area contributed by atoms with Crippen molar-refractivity contribution in [2.75, 3.05) is 18.5 Å². The predicted octanol–water partition coefficient (Wildman–Crippen LogP) is 5.76. The second-order valence-electron chi connectivity index (χ2n) is 11.9. The maximum absolute atomic E-state index is 13.7. The van der Waals surface area contributed by atoms with Crippen molar-refractivity contribution in [3.63, 3.8) is 0 Å². The number of fused-ring (bicyclic) bond motifs is 1. The van der Waals surface area contributed by atoms with Crippen LogP contribution in [-0.4, -0.2) is 55.1 Å². The van der Waals surface area contributed by atoms with Gasteiger partial charge in [-0.2, -0.15) is 13.1 Å².